The minimum absolute atomic E-state index is 0.0884. The van der Waals surface area contributed by atoms with Gasteiger partial charge in [-0.2, -0.15) is 0 Å². The Hall–Kier alpha value is -1.68. The van der Waals surface area contributed by atoms with Gasteiger partial charge in [0.05, 0.1) is 18.1 Å². The van der Waals surface area contributed by atoms with Crippen molar-refractivity contribution < 1.29 is 31.9 Å². The summed E-state index contributed by atoms with van der Waals surface area (Å²) in [6, 6.07) is 0. The van der Waals surface area contributed by atoms with Gasteiger partial charge in [0.1, 0.15) is 6.61 Å². The fourth-order valence-corrected chi connectivity index (χ4v) is 5.17. The van der Waals surface area contributed by atoms with Gasteiger partial charge in [-0.1, -0.05) is 6.92 Å². The van der Waals surface area contributed by atoms with E-state index in [0.29, 0.717) is 24.1 Å². The standard InChI is InChI=1S/C19H24F3N3O4/c1-10-2-12(3-10)27-6-14(26)23-18-7-17(8-18,9-18)16-25-24-15(29-16)13-4-11(13)5-28-19(20,21)22/h10-13H,2-9H2,1H3,(H,23,26)/t10?,11-,12?,13?,17?,18?/m0/s1. The lowest BCUT2D eigenvalue weighted by Gasteiger charge is -2.68. The zero-order chi connectivity index (χ0) is 20.4. The number of nitrogens with one attached hydrogen (secondary N) is 1. The van der Waals surface area contributed by atoms with E-state index in [-0.39, 0.29) is 48.0 Å². The molecule has 1 unspecified atom stereocenters. The van der Waals surface area contributed by atoms with Gasteiger partial charge in [-0.05, 0) is 50.4 Å². The van der Waals surface area contributed by atoms with Crippen LogP contribution < -0.4 is 5.32 Å². The van der Waals surface area contributed by atoms with Gasteiger partial charge in [-0.15, -0.1) is 23.4 Å². The third-order valence-corrected chi connectivity index (χ3v) is 6.81. The average molecular weight is 415 g/mol. The van der Waals surface area contributed by atoms with Crippen LogP contribution in [0, 0.1) is 11.8 Å². The summed E-state index contributed by atoms with van der Waals surface area (Å²) >= 11 is 0. The van der Waals surface area contributed by atoms with Crippen molar-refractivity contribution in [1.29, 1.82) is 0 Å². The maximum Gasteiger partial charge on any atom is 0.522 e. The second kappa shape index (κ2) is 6.41. The van der Waals surface area contributed by atoms with Crippen LogP contribution in [0.25, 0.3) is 0 Å². The van der Waals surface area contributed by atoms with Gasteiger partial charge >= 0.3 is 6.36 Å². The Morgan fingerprint density at radius 3 is 2.62 bits per heavy atom. The highest BCUT2D eigenvalue weighted by Gasteiger charge is 2.72. The molecule has 160 valence electrons. The molecule has 2 atom stereocenters. The van der Waals surface area contributed by atoms with Crippen molar-refractivity contribution in [2.24, 2.45) is 11.8 Å². The molecule has 1 N–H and O–H groups in total. The number of rotatable bonds is 8. The third-order valence-electron chi connectivity index (χ3n) is 6.81. The Kier molecular flexibility index (Phi) is 4.26. The van der Waals surface area contributed by atoms with E-state index < -0.39 is 6.36 Å². The quantitative estimate of drug-likeness (QED) is 0.703. The van der Waals surface area contributed by atoms with Crippen LogP contribution in [-0.2, 0) is 19.7 Å². The van der Waals surface area contributed by atoms with Crippen LogP contribution in [-0.4, -0.2) is 47.3 Å². The second-order valence-electron chi connectivity index (χ2n) is 9.45. The van der Waals surface area contributed by atoms with Crippen molar-refractivity contribution in [2.75, 3.05) is 13.2 Å². The number of alkyl halides is 3. The zero-order valence-corrected chi connectivity index (χ0v) is 16.1. The van der Waals surface area contributed by atoms with E-state index >= 15 is 0 Å². The van der Waals surface area contributed by atoms with Crippen LogP contribution in [0.3, 0.4) is 0 Å². The molecule has 2 bridgehead atoms. The average Bonchev–Trinajstić information content (AvgIpc) is 3.17. The van der Waals surface area contributed by atoms with E-state index in [4.69, 9.17) is 9.15 Å². The van der Waals surface area contributed by atoms with Gasteiger partial charge in [0, 0.05) is 11.5 Å². The van der Waals surface area contributed by atoms with Crippen molar-refractivity contribution in [3.8, 4) is 0 Å². The smallest absolute Gasteiger partial charge is 0.424 e. The number of hydrogen-bond donors (Lipinski definition) is 1. The summed E-state index contributed by atoms with van der Waals surface area (Å²) in [7, 11) is 0. The highest BCUT2D eigenvalue weighted by atomic mass is 19.4. The first-order valence-electron chi connectivity index (χ1n) is 10.1. The molecule has 0 radical (unpaired) electrons. The summed E-state index contributed by atoms with van der Waals surface area (Å²) in [5.74, 6) is 1.12. The fourth-order valence-electron chi connectivity index (χ4n) is 5.17. The summed E-state index contributed by atoms with van der Waals surface area (Å²) in [6.07, 6.45) is 0.442. The van der Waals surface area contributed by atoms with E-state index in [1.807, 2.05) is 0 Å². The molecule has 5 aliphatic carbocycles. The number of halogens is 3. The summed E-state index contributed by atoms with van der Waals surface area (Å²) in [5, 5.41) is 11.2. The highest BCUT2D eigenvalue weighted by molar-refractivity contribution is 5.79. The van der Waals surface area contributed by atoms with Crippen LogP contribution in [0.5, 0.6) is 0 Å². The van der Waals surface area contributed by atoms with E-state index in [1.165, 1.54) is 0 Å². The summed E-state index contributed by atoms with van der Waals surface area (Å²) in [5.41, 5.74) is -0.402. The second-order valence-corrected chi connectivity index (χ2v) is 9.45. The minimum Gasteiger partial charge on any atom is -0.424 e. The number of hydrogen-bond acceptors (Lipinski definition) is 6. The first kappa shape index (κ1) is 19.3. The molecule has 10 heteroatoms. The van der Waals surface area contributed by atoms with E-state index in [9.17, 15) is 18.0 Å². The Morgan fingerprint density at radius 1 is 1.24 bits per heavy atom. The fraction of sp³-hybridized carbons (Fsp3) is 0.842. The molecule has 5 aliphatic rings. The molecule has 0 saturated heterocycles. The Morgan fingerprint density at radius 2 is 1.97 bits per heavy atom. The molecular formula is C19H24F3N3O4. The molecule has 6 rings (SSSR count). The van der Waals surface area contributed by atoms with E-state index in [2.05, 4.69) is 27.2 Å². The maximum absolute atomic E-state index is 12.1. The lowest BCUT2D eigenvalue weighted by molar-refractivity contribution is -0.326. The number of aromatic nitrogens is 2. The van der Waals surface area contributed by atoms with Gasteiger partial charge in [-0.25, -0.2) is 0 Å². The van der Waals surface area contributed by atoms with Crippen LogP contribution in [0.4, 0.5) is 13.2 Å². The Balaban J connectivity index is 1.07. The van der Waals surface area contributed by atoms with Gasteiger partial charge in [0.15, 0.2) is 0 Å². The monoisotopic (exact) mass is 415 g/mol. The van der Waals surface area contributed by atoms with Gasteiger partial charge in [0.25, 0.3) is 0 Å². The summed E-state index contributed by atoms with van der Waals surface area (Å²) in [4.78, 5) is 12.1. The van der Waals surface area contributed by atoms with Crippen LogP contribution in [0.15, 0.2) is 4.42 Å². The van der Waals surface area contributed by atoms with Crippen molar-refractivity contribution in [1.82, 2.24) is 15.5 Å². The molecule has 0 aliphatic heterocycles. The summed E-state index contributed by atoms with van der Waals surface area (Å²) < 4.78 is 51.7. The number of amides is 1. The van der Waals surface area contributed by atoms with Crippen molar-refractivity contribution in [2.45, 2.75) is 74.8 Å². The number of ether oxygens (including phenoxy) is 2. The topological polar surface area (TPSA) is 86.5 Å². The molecule has 1 heterocycles. The minimum atomic E-state index is -4.61. The Bertz CT molecular complexity index is 785. The third kappa shape index (κ3) is 3.65. The number of carbonyl (C=O) groups is 1. The molecule has 0 spiro atoms. The van der Waals surface area contributed by atoms with Gasteiger partial charge < -0.3 is 14.5 Å². The van der Waals surface area contributed by atoms with Crippen molar-refractivity contribution >= 4 is 5.91 Å². The SMILES string of the molecule is CC1CC(OCC(=O)NC23CC(c4nnc(C5C[C@H]5COC(F)(F)F)o4)(C2)C3)C1. The molecule has 0 aromatic carbocycles. The zero-order valence-electron chi connectivity index (χ0n) is 16.1. The molecule has 7 nitrogen and oxygen atoms in total. The van der Waals surface area contributed by atoms with Gasteiger partial charge in [0.2, 0.25) is 17.7 Å². The molecular weight excluding hydrogens is 391 g/mol. The Labute approximate surface area is 165 Å². The number of carbonyl (C=O) groups excluding carboxylic acids is 1. The number of nitrogens with zero attached hydrogens (tertiary/aromatic N) is 2. The molecule has 1 aromatic heterocycles. The summed E-state index contributed by atoms with van der Waals surface area (Å²) in [6.45, 7) is 1.89. The van der Waals surface area contributed by atoms with Crippen LogP contribution in [0.1, 0.15) is 63.1 Å². The molecule has 5 fully saturated rings. The highest BCUT2D eigenvalue weighted by Crippen LogP contribution is 2.67. The predicted molar refractivity (Wildman–Crippen MR) is 91.7 cm³/mol. The molecule has 29 heavy (non-hydrogen) atoms. The van der Waals surface area contributed by atoms with Crippen LogP contribution >= 0.6 is 0 Å². The largest absolute Gasteiger partial charge is 0.522 e. The van der Waals surface area contributed by atoms with E-state index in [1.54, 1.807) is 0 Å². The molecule has 1 amide bonds. The lowest BCUT2D eigenvalue weighted by atomic mass is 9.39. The first-order chi connectivity index (χ1) is 13.7. The van der Waals surface area contributed by atoms with Crippen LogP contribution in [0.2, 0.25) is 0 Å². The predicted octanol–water partition coefficient (Wildman–Crippen LogP) is 2.81. The normalized spacial score (nSPS) is 39.9. The van der Waals surface area contributed by atoms with Crippen molar-refractivity contribution in [3.05, 3.63) is 11.8 Å². The molecule has 1 aromatic rings. The van der Waals surface area contributed by atoms with Crippen molar-refractivity contribution in [3.63, 3.8) is 0 Å². The van der Waals surface area contributed by atoms with E-state index in [0.717, 1.165) is 32.1 Å². The first-order valence-corrected chi connectivity index (χ1v) is 10.1. The van der Waals surface area contributed by atoms with Gasteiger partial charge in [-0.3, -0.25) is 9.53 Å². The maximum atomic E-state index is 12.1. The lowest BCUT2D eigenvalue weighted by Crippen LogP contribution is -2.77. The molecule has 5 saturated carbocycles.